The van der Waals surface area contributed by atoms with Crippen LogP contribution in [0, 0.1) is 16.8 Å². The van der Waals surface area contributed by atoms with Crippen LogP contribution in [-0.4, -0.2) is 17.9 Å². The van der Waals surface area contributed by atoms with Crippen molar-refractivity contribution in [2.75, 3.05) is 12.4 Å². The summed E-state index contributed by atoms with van der Waals surface area (Å²) < 4.78 is 99.2. The van der Waals surface area contributed by atoms with Gasteiger partial charge in [0.05, 0.1) is 27.3 Å². The number of halogens is 6. The van der Waals surface area contributed by atoms with Gasteiger partial charge in [-0.2, -0.15) is 13.2 Å². The standard InChI is InChI=1S/C19H11ClF5N3O4/c1-31-16-4-13(21)14(22)5-17(16)32-15-3-11(19(23,24)25)12(20)2-10(15)18(29)27-9-6-26-8-28(30)7-9/h2-8H,1H3,(H,27,29)/i1D3. The molecule has 3 rings (SSSR count). The van der Waals surface area contributed by atoms with Crippen molar-refractivity contribution in [1.29, 1.82) is 0 Å². The Morgan fingerprint density at radius 2 is 1.88 bits per heavy atom. The van der Waals surface area contributed by atoms with E-state index in [0.717, 1.165) is 18.7 Å². The van der Waals surface area contributed by atoms with Crippen molar-refractivity contribution in [3.05, 3.63) is 76.0 Å². The minimum absolute atomic E-state index is 0.159. The van der Waals surface area contributed by atoms with E-state index < -0.39 is 64.2 Å². The normalized spacial score (nSPS) is 13.0. The first-order chi connectivity index (χ1) is 16.1. The number of benzene rings is 2. The molecule has 0 saturated carbocycles. The Labute approximate surface area is 185 Å². The number of hydrogen-bond acceptors (Lipinski definition) is 5. The molecule has 0 bridgehead atoms. The van der Waals surface area contributed by atoms with E-state index in [2.05, 4.69) is 15.0 Å². The summed E-state index contributed by atoms with van der Waals surface area (Å²) in [5.41, 5.74) is -2.26. The first-order valence-electron chi connectivity index (χ1n) is 9.76. The third kappa shape index (κ3) is 4.97. The van der Waals surface area contributed by atoms with Gasteiger partial charge in [0.2, 0.25) is 0 Å². The summed E-state index contributed by atoms with van der Waals surface area (Å²) in [5.74, 6) is -6.85. The molecule has 168 valence electrons. The van der Waals surface area contributed by atoms with Gasteiger partial charge in [0, 0.05) is 12.1 Å². The number of hydrogen-bond donors (Lipinski definition) is 1. The van der Waals surface area contributed by atoms with Crippen LogP contribution >= 0.6 is 11.6 Å². The highest BCUT2D eigenvalue weighted by Gasteiger charge is 2.35. The van der Waals surface area contributed by atoms with E-state index >= 15 is 0 Å². The van der Waals surface area contributed by atoms with Gasteiger partial charge < -0.3 is 20.0 Å². The molecule has 1 aromatic heterocycles. The Balaban J connectivity index is 2.13. The van der Waals surface area contributed by atoms with E-state index in [-0.39, 0.29) is 10.4 Å². The van der Waals surface area contributed by atoms with E-state index in [4.69, 9.17) is 20.5 Å². The van der Waals surface area contributed by atoms with E-state index in [9.17, 15) is 32.0 Å². The smallest absolute Gasteiger partial charge is 0.417 e. The summed E-state index contributed by atoms with van der Waals surface area (Å²) in [4.78, 5) is 16.3. The number of carbonyl (C=O) groups is 1. The van der Waals surface area contributed by atoms with Crippen LogP contribution in [0.3, 0.4) is 0 Å². The molecule has 1 amide bonds. The lowest BCUT2D eigenvalue weighted by molar-refractivity contribution is -0.608. The molecule has 1 heterocycles. The van der Waals surface area contributed by atoms with Crippen LogP contribution in [0.1, 0.15) is 20.0 Å². The molecule has 2 aromatic carbocycles. The van der Waals surface area contributed by atoms with Crippen molar-refractivity contribution in [3.63, 3.8) is 0 Å². The predicted molar refractivity (Wildman–Crippen MR) is 101 cm³/mol. The van der Waals surface area contributed by atoms with Gasteiger partial charge in [-0.1, -0.05) is 16.6 Å². The molecule has 0 aliphatic heterocycles. The monoisotopic (exact) mass is 478 g/mol. The number of anilines is 1. The molecule has 1 N–H and O–H groups in total. The fourth-order valence-corrected chi connectivity index (χ4v) is 2.74. The maximum absolute atomic E-state index is 13.8. The summed E-state index contributed by atoms with van der Waals surface area (Å²) in [7, 11) is -3.17. The molecular weight excluding hydrogens is 465 g/mol. The van der Waals surface area contributed by atoms with Gasteiger partial charge in [-0.3, -0.25) is 4.79 Å². The fourth-order valence-electron chi connectivity index (χ4n) is 2.47. The lowest BCUT2D eigenvalue weighted by Gasteiger charge is -2.17. The maximum atomic E-state index is 13.8. The molecule has 0 unspecified atom stereocenters. The summed E-state index contributed by atoms with van der Waals surface area (Å²) in [6.07, 6.45) is -2.23. The van der Waals surface area contributed by atoms with Crippen molar-refractivity contribution in [1.82, 2.24) is 4.98 Å². The highest BCUT2D eigenvalue weighted by Crippen LogP contribution is 2.41. The molecule has 0 aliphatic carbocycles. The van der Waals surface area contributed by atoms with Crippen LogP contribution in [0.5, 0.6) is 17.2 Å². The van der Waals surface area contributed by atoms with E-state index in [0.29, 0.717) is 24.3 Å². The van der Waals surface area contributed by atoms with E-state index in [1.165, 1.54) is 0 Å². The summed E-state index contributed by atoms with van der Waals surface area (Å²) >= 11 is 5.70. The first kappa shape index (κ1) is 19.0. The van der Waals surface area contributed by atoms with Crippen molar-refractivity contribution >= 4 is 23.2 Å². The second kappa shape index (κ2) is 8.83. The van der Waals surface area contributed by atoms with Crippen LogP contribution in [0.25, 0.3) is 0 Å². The molecule has 0 saturated heterocycles. The highest BCUT2D eigenvalue weighted by atomic mass is 35.5. The summed E-state index contributed by atoms with van der Waals surface area (Å²) in [5, 5.41) is 12.6. The first-order valence-corrected chi connectivity index (χ1v) is 8.63. The van der Waals surface area contributed by atoms with Crippen LogP contribution < -0.4 is 19.5 Å². The Kier molecular flexibility index (Phi) is 5.25. The number of carbonyl (C=O) groups excluding carboxylic acids is 1. The van der Waals surface area contributed by atoms with Crippen LogP contribution in [0.4, 0.5) is 27.6 Å². The Bertz CT molecular complexity index is 1290. The highest BCUT2D eigenvalue weighted by molar-refractivity contribution is 6.32. The SMILES string of the molecule is [2H]C([2H])([2H])Oc1cc(F)c(F)cc1Oc1cc(C(F)(F)F)c(Cl)cc1C(=O)Nc1cnc[n+]([O-])c1. The van der Waals surface area contributed by atoms with Crippen LogP contribution in [0.2, 0.25) is 5.02 Å². The number of nitrogens with one attached hydrogen (secondary N) is 1. The van der Waals surface area contributed by atoms with Gasteiger partial charge in [-0.05, 0) is 12.1 Å². The number of ether oxygens (including phenoxy) is 2. The quantitative estimate of drug-likeness (QED) is 0.326. The van der Waals surface area contributed by atoms with Crippen molar-refractivity contribution in [3.8, 4) is 17.2 Å². The number of rotatable bonds is 5. The average Bonchev–Trinajstić information content (AvgIpc) is 2.70. The molecule has 32 heavy (non-hydrogen) atoms. The molecule has 0 atom stereocenters. The molecule has 7 nitrogen and oxygen atoms in total. The van der Waals surface area contributed by atoms with Gasteiger partial charge >= 0.3 is 6.18 Å². The van der Waals surface area contributed by atoms with Gasteiger partial charge in [0.25, 0.3) is 12.2 Å². The number of nitrogens with zero attached hydrogens (tertiary/aromatic N) is 2. The Hall–Kier alpha value is -3.67. The van der Waals surface area contributed by atoms with Crippen molar-refractivity contribution in [2.45, 2.75) is 6.18 Å². The second-order valence-corrected chi connectivity index (χ2v) is 6.44. The Morgan fingerprint density at radius 1 is 1.19 bits per heavy atom. The van der Waals surface area contributed by atoms with Crippen molar-refractivity contribution < 1.29 is 45.1 Å². The molecular formula is C19H11ClF5N3O4. The topological polar surface area (TPSA) is 87.4 Å². The zero-order chi connectivity index (χ0) is 26.1. The number of amides is 1. The van der Waals surface area contributed by atoms with Crippen LogP contribution in [0.15, 0.2) is 43.0 Å². The van der Waals surface area contributed by atoms with E-state index in [1.807, 2.05) is 0 Å². The van der Waals surface area contributed by atoms with Crippen LogP contribution in [-0.2, 0) is 6.18 Å². The number of methoxy groups -OCH3 is 1. The molecule has 0 fully saturated rings. The lowest BCUT2D eigenvalue weighted by atomic mass is 10.1. The summed E-state index contributed by atoms with van der Waals surface area (Å²) in [6.45, 7) is 0. The molecule has 0 spiro atoms. The zero-order valence-corrected chi connectivity index (χ0v) is 16.1. The zero-order valence-electron chi connectivity index (χ0n) is 18.3. The minimum Gasteiger partial charge on any atom is -0.711 e. The molecule has 0 aliphatic rings. The second-order valence-electron chi connectivity index (χ2n) is 6.04. The minimum atomic E-state index is -5.02. The average molecular weight is 479 g/mol. The predicted octanol–water partition coefficient (Wildman–Crippen LogP) is 4.72. The largest absolute Gasteiger partial charge is 0.711 e. The fraction of sp³-hybridized carbons (Fsp3) is 0.105. The van der Waals surface area contributed by atoms with Gasteiger partial charge in [-0.15, -0.1) is 0 Å². The molecule has 0 radical (unpaired) electrons. The van der Waals surface area contributed by atoms with Gasteiger partial charge in [-0.25, -0.2) is 13.5 Å². The molecule has 13 heteroatoms. The number of alkyl halides is 3. The van der Waals surface area contributed by atoms with Gasteiger partial charge in [0.1, 0.15) is 17.6 Å². The lowest BCUT2D eigenvalue weighted by Crippen LogP contribution is -2.27. The third-order valence-corrected chi connectivity index (χ3v) is 4.17. The molecule has 3 aromatic rings. The van der Waals surface area contributed by atoms with Gasteiger partial charge in [0.15, 0.2) is 29.3 Å². The van der Waals surface area contributed by atoms with E-state index in [1.54, 1.807) is 0 Å². The van der Waals surface area contributed by atoms with Crippen molar-refractivity contribution in [2.24, 2.45) is 0 Å². The Morgan fingerprint density at radius 3 is 2.50 bits per heavy atom. The maximum Gasteiger partial charge on any atom is 0.417 e. The number of aromatic nitrogens is 2. The third-order valence-electron chi connectivity index (χ3n) is 3.85. The summed E-state index contributed by atoms with van der Waals surface area (Å²) in [6, 6.07) is 1.51.